The maximum Gasteiger partial charge on any atom is 0.229 e. The highest BCUT2D eigenvalue weighted by Crippen LogP contribution is 2.47. The summed E-state index contributed by atoms with van der Waals surface area (Å²) in [4.78, 5) is 0. The molecule has 10 rings (SSSR count). The third-order valence-corrected chi connectivity index (χ3v) is 14.3. The van der Waals surface area contributed by atoms with Gasteiger partial charge in [0.1, 0.15) is 23.0 Å². The van der Waals surface area contributed by atoms with E-state index in [-0.39, 0.29) is 45.6 Å². The van der Waals surface area contributed by atoms with Crippen LogP contribution in [0.1, 0.15) is 77.6 Å². The summed E-state index contributed by atoms with van der Waals surface area (Å²) in [6, 6.07) is 34.6. The van der Waals surface area contributed by atoms with Crippen molar-refractivity contribution in [3.63, 3.8) is 0 Å². The summed E-state index contributed by atoms with van der Waals surface area (Å²) in [6.45, 7) is 20.6. The summed E-state index contributed by atoms with van der Waals surface area (Å²) in [5.41, 5.74) is 8.40. The van der Waals surface area contributed by atoms with Crippen molar-refractivity contribution >= 4 is 90.2 Å². The first-order valence-corrected chi connectivity index (χ1v) is 25.8. The molecule has 0 aromatic heterocycles. The van der Waals surface area contributed by atoms with Gasteiger partial charge < -0.3 is 42.9 Å². The van der Waals surface area contributed by atoms with Crippen molar-refractivity contribution in [3.8, 4) is 34.1 Å². The van der Waals surface area contributed by atoms with Gasteiger partial charge in [0, 0.05) is 58.5 Å². The number of anilines is 1. The molecule has 6 aromatic carbocycles. The predicted octanol–water partition coefficient (Wildman–Crippen LogP) is 11.7. The minimum atomic E-state index is -3.29. The van der Waals surface area contributed by atoms with Crippen molar-refractivity contribution < 1.29 is 51.3 Å². The molecule has 0 amide bonds. The first kappa shape index (κ1) is 50.6. The van der Waals surface area contributed by atoms with Crippen LogP contribution in [0.3, 0.4) is 0 Å². The Balaban J connectivity index is 0.000000154. The molecular weight excluding hydrogens is 1200 g/mol. The summed E-state index contributed by atoms with van der Waals surface area (Å²) < 4.78 is 52.1. The molecule has 6 aromatic rings. The van der Waals surface area contributed by atoms with E-state index in [0.717, 1.165) is 88.9 Å². The Morgan fingerprint density at radius 1 is 0.484 bits per heavy atom. The van der Waals surface area contributed by atoms with Gasteiger partial charge in [0.05, 0.1) is 41.6 Å². The monoisotopic (exact) mass is 1250 g/mol. The largest absolute Gasteiger partial charge is 1.00 e. The number of fused-ring (bicyclic) bond motifs is 5. The molecule has 0 aliphatic carbocycles. The van der Waals surface area contributed by atoms with Crippen LogP contribution in [-0.4, -0.2) is 41.1 Å². The molecule has 4 aliphatic rings. The Morgan fingerprint density at radius 2 is 0.984 bits per heavy atom. The van der Waals surface area contributed by atoms with Crippen molar-refractivity contribution in [2.75, 3.05) is 37.4 Å². The van der Waals surface area contributed by atoms with Crippen LogP contribution in [0.5, 0.6) is 23.0 Å². The number of nitrogens with one attached hydrogen (secondary N) is 1. The standard InChI is InChI=1S/C21H20BrNO3S.C10H10Br2O.C10H11BrO.C10H12O.HI/c1-21(2)12-26-20-18(21)10-16(11-19(20)22)14-4-5-15-9-17(23-27(3,24)25)7-6-13(15)8-14;1-10(2)5-13-9-7(10)3-6(11)4-8(9)12;1-10(2)6-12-9-4-3-7(11)5-8(9)10;1-10(2)7-11-9-6-4-3-5-8(9)10;/h4-11,23H,12H2,1-3H3;3-4H,5H2,1-2H3;3-5H,6H2,1-2H3;3-6H,7H2,1-2H3;1H/p-1. The van der Waals surface area contributed by atoms with Gasteiger partial charge in [-0.1, -0.05) is 124 Å². The number of hydrogen-bond acceptors (Lipinski definition) is 6. The van der Waals surface area contributed by atoms with E-state index in [4.69, 9.17) is 18.9 Å². The second-order valence-electron chi connectivity index (χ2n) is 19.1. The molecule has 340 valence electrons. The molecule has 0 radical (unpaired) electrons. The van der Waals surface area contributed by atoms with Crippen molar-refractivity contribution in [2.24, 2.45) is 0 Å². The summed E-state index contributed by atoms with van der Waals surface area (Å²) in [6.07, 6.45) is 1.15. The Hall–Kier alpha value is -2.82. The van der Waals surface area contributed by atoms with Crippen LogP contribution in [0.25, 0.3) is 21.9 Å². The zero-order valence-corrected chi connectivity index (χ0v) is 46.7. The van der Waals surface area contributed by atoms with E-state index in [0.29, 0.717) is 12.3 Å². The summed E-state index contributed by atoms with van der Waals surface area (Å²) in [7, 11) is -3.29. The number of benzene rings is 6. The van der Waals surface area contributed by atoms with Gasteiger partial charge in [0.15, 0.2) is 0 Å². The lowest BCUT2D eigenvalue weighted by Gasteiger charge is -2.16. The molecule has 13 heteroatoms. The molecular formula is C51H53Br4INO6S-. The second kappa shape index (κ2) is 19.4. The molecule has 0 unspecified atom stereocenters. The van der Waals surface area contributed by atoms with Gasteiger partial charge in [-0.2, -0.15) is 0 Å². The van der Waals surface area contributed by atoms with Crippen LogP contribution < -0.4 is 47.6 Å². The Bertz CT molecular complexity index is 2830. The molecule has 1 N–H and O–H groups in total. The molecule has 0 fully saturated rings. The number of ether oxygens (including phenoxy) is 4. The molecule has 0 saturated carbocycles. The maximum absolute atomic E-state index is 11.4. The number of rotatable bonds is 3. The maximum atomic E-state index is 11.4. The topological polar surface area (TPSA) is 83.1 Å². The van der Waals surface area contributed by atoms with Crippen molar-refractivity contribution in [1.82, 2.24) is 0 Å². The van der Waals surface area contributed by atoms with Gasteiger partial charge in [-0.25, -0.2) is 8.42 Å². The predicted molar refractivity (Wildman–Crippen MR) is 272 cm³/mol. The lowest BCUT2D eigenvalue weighted by molar-refractivity contribution is -0.0000165. The van der Waals surface area contributed by atoms with E-state index < -0.39 is 10.0 Å². The summed E-state index contributed by atoms with van der Waals surface area (Å²) in [5.74, 6) is 4.01. The average molecular weight is 1250 g/mol. The molecule has 64 heavy (non-hydrogen) atoms. The van der Waals surface area contributed by atoms with Crippen LogP contribution in [0.15, 0.2) is 121 Å². The van der Waals surface area contributed by atoms with E-state index >= 15 is 0 Å². The lowest BCUT2D eigenvalue weighted by Crippen LogP contribution is -3.00. The first-order chi connectivity index (χ1) is 29.4. The molecule has 7 nitrogen and oxygen atoms in total. The quantitative estimate of drug-likeness (QED) is 0.178. The van der Waals surface area contributed by atoms with Crippen molar-refractivity contribution in [3.05, 3.63) is 143 Å². The Labute approximate surface area is 429 Å². The van der Waals surface area contributed by atoms with Gasteiger partial charge in [0.2, 0.25) is 10.0 Å². The normalized spacial score (nSPS) is 17.0. The Morgan fingerprint density at radius 3 is 1.61 bits per heavy atom. The fourth-order valence-electron chi connectivity index (χ4n) is 7.96. The smallest absolute Gasteiger partial charge is 0.229 e. The van der Waals surface area contributed by atoms with Crippen LogP contribution in [0.2, 0.25) is 0 Å². The number of halogens is 5. The van der Waals surface area contributed by atoms with Gasteiger partial charge in [-0.3, -0.25) is 4.72 Å². The van der Waals surface area contributed by atoms with Gasteiger partial charge in [0.25, 0.3) is 0 Å². The summed E-state index contributed by atoms with van der Waals surface area (Å²) >= 11 is 14.1. The number of para-hydroxylation sites is 1. The molecule has 0 saturated heterocycles. The third kappa shape index (κ3) is 11.5. The lowest BCUT2D eigenvalue weighted by atomic mass is 9.85. The molecule has 0 bridgehead atoms. The van der Waals surface area contributed by atoms with E-state index in [1.54, 1.807) is 6.07 Å². The molecule has 4 heterocycles. The van der Waals surface area contributed by atoms with E-state index in [9.17, 15) is 8.42 Å². The van der Waals surface area contributed by atoms with Crippen molar-refractivity contribution in [2.45, 2.75) is 77.0 Å². The highest BCUT2D eigenvalue weighted by molar-refractivity contribution is 9.11. The van der Waals surface area contributed by atoms with Crippen LogP contribution in [-0.2, 0) is 31.7 Å². The SMILES string of the molecule is CC1(C)COc2c(Br)cc(-c3ccc4cc(NS(C)(=O)=O)ccc4c3)cc21.CC1(C)COc2c(Br)cc(Br)cc21.CC1(C)COc2ccc(Br)cc21.CC1(C)COc2ccccc21.[I-]. The number of sulfonamides is 1. The fraction of sp³-hybridized carbons (Fsp3) is 0.333. The molecule has 4 aliphatic heterocycles. The molecule has 0 atom stereocenters. The number of hydrogen-bond donors (Lipinski definition) is 1. The van der Waals surface area contributed by atoms with E-state index in [1.165, 1.54) is 22.3 Å². The van der Waals surface area contributed by atoms with Crippen LogP contribution in [0, 0.1) is 0 Å². The van der Waals surface area contributed by atoms with Gasteiger partial charge in [-0.05, 0) is 120 Å². The molecule has 0 spiro atoms. The van der Waals surface area contributed by atoms with Crippen LogP contribution in [0.4, 0.5) is 5.69 Å². The first-order valence-electron chi connectivity index (χ1n) is 20.7. The van der Waals surface area contributed by atoms with Crippen molar-refractivity contribution in [1.29, 1.82) is 0 Å². The second-order valence-corrected chi connectivity index (χ2v) is 24.4. The van der Waals surface area contributed by atoms with Crippen LogP contribution >= 0.6 is 63.7 Å². The van der Waals surface area contributed by atoms with E-state index in [1.807, 2.05) is 48.5 Å². The zero-order chi connectivity index (χ0) is 45.7. The Kier molecular flexibility index (Phi) is 15.4. The highest BCUT2D eigenvalue weighted by atomic mass is 127. The summed E-state index contributed by atoms with van der Waals surface area (Å²) in [5, 5.41) is 2.04. The minimum absolute atomic E-state index is 0. The zero-order valence-electron chi connectivity index (χ0n) is 37.4. The third-order valence-electron chi connectivity index (χ3n) is 11.6. The van der Waals surface area contributed by atoms with Gasteiger partial charge >= 0.3 is 0 Å². The fourth-order valence-corrected chi connectivity index (χ4v) is 10.8. The minimum Gasteiger partial charge on any atom is -1.00 e. The average Bonchev–Trinajstić information content (AvgIpc) is 3.90. The van der Waals surface area contributed by atoms with E-state index in [2.05, 4.69) is 172 Å². The highest BCUT2D eigenvalue weighted by Gasteiger charge is 2.35. The van der Waals surface area contributed by atoms with Gasteiger partial charge in [-0.15, -0.1) is 0 Å².